The van der Waals surface area contributed by atoms with Gasteiger partial charge in [0.2, 0.25) is 0 Å². The molecule has 3 atom stereocenters. The van der Waals surface area contributed by atoms with E-state index in [4.69, 9.17) is 0 Å². The van der Waals surface area contributed by atoms with E-state index in [9.17, 15) is 9.59 Å². The lowest BCUT2D eigenvalue weighted by atomic mass is 9.56. The van der Waals surface area contributed by atoms with E-state index in [-0.39, 0.29) is 5.91 Å². The van der Waals surface area contributed by atoms with E-state index >= 15 is 0 Å². The molecule has 2 saturated heterocycles. The van der Waals surface area contributed by atoms with Gasteiger partial charge in [0.05, 0.1) is 0 Å². The molecule has 1 unspecified atom stereocenters. The summed E-state index contributed by atoms with van der Waals surface area (Å²) in [6.45, 7) is 0.782. The molecule has 1 spiro atoms. The Hall–Kier alpha value is -1.64. The summed E-state index contributed by atoms with van der Waals surface area (Å²) in [6.07, 6.45) is 3.70. The Balaban J connectivity index is 1.70. The number of benzene rings is 1. The van der Waals surface area contributed by atoms with Crippen LogP contribution < -0.4 is 0 Å². The predicted molar refractivity (Wildman–Crippen MR) is 70.7 cm³/mol. The molecule has 2 heterocycles. The Kier molecular flexibility index (Phi) is 2.17. The quantitative estimate of drug-likeness (QED) is 0.772. The van der Waals surface area contributed by atoms with E-state index in [1.54, 1.807) is 0 Å². The molecule has 2 bridgehead atoms. The molecule has 2 aliphatic carbocycles. The molecule has 5 rings (SSSR count). The van der Waals surface area contributed by atoms with Gasteiger partial charge in [-0.3, -0.25) is 9.59 Å². The van der Waals surface area contributed by atoms with Crippen LogP contribution in [-0.4, -0.2) is 28.7 Å². The summed E-state index contributed by atoms with van der Waals surface area (Å²) in [4.78, 5) is 26.9. The Morgan fingerprint density at radius 3 is 2.84 bits per heavy atom. The largest absolute Gasteiger partial charge is 0.325 e. The molecule has 4 aliphatic rings. The maximum absolute atomic E-state index is 12.7. The third-order valence-electron chi connectivity index (χ3n) is 5.32. The van der Waals surface area contributed by atoms with Gasteiger partial charge in [0.15, 0.2) is 5.78 Å². The molecular formula is C16H17NO2. The highest BCUT2D eigenvalue weighted by molar-refractivity contribution is 6.02. The monoisotopic (exact) mass is 255 g/mol. The second-order valence-corrected chi connectivity index (χ2v) is 6.09. The van der Waals surface area contributed by atoms with Crippen LogP contribution in [0.2, 0.25) is 0 Å². The number of rotatable bonds is 1. The van der Waals surface area contributed by atoms with Gasteiger partial charge in [-0.05, 0) is 43.2 Å². The summed E-state index contributed by atoms with van der Waals surface area (Å²) in [5.74, 6) is 1.36. The van der Waals surface area contributed by atoms with Gasteiger partial charge in [-0.2, -0.15) is 0 Å². The Morgan fingerprint density at radius 1 is 1.26 bits per heavy atom. The average molecular weight is 255 g/mol. The highest BCUT2D eigenvalue weighted by atomic mass is 16.2. The van der Waals surface area contributed by atoms with E-state index in [2.05, 4.69) is 0 Å². The maximum atomic E-state index is 12.7. The van der Waals surface area contributed by atoms with E-state index in [0.717, 1.165) is 25.8 Å². The highest BCUT2D eigenvalue weighted by Gasteiger charge is 2.69. The molecule has 3 nitrogen and oxygen atoms in total. The first-order valence-electron chi connectivity index (χ1n) is 7.14. The number of amides is 1. The van der Waals surface area contributed by atoms with Crippen molar-refractivity contribution in [2.75, 3.05) is 6.54 Å². The number of fused-ring (bicyclic) bond motifs is 1. The number of carbonyl (C=O) groups is 2. The van der Waals surface area contributed by atoms with Crippen LogP contribution in [0.25, 0.3) is 0 Å². The minimum absolute atomic E-state index is 0.0425. The smallest absolute Gasteiger partial charge is 0.254 e. The van der Waals surface area contributed by atoms with Crippen LogP contribution in [-0.2, 0) is 4.79 Å². The molecule has 2 saturated carbocycles. The van der Waals surface area contributed by atoms with Crippen LogP contribution in [0.1, 0.15) is 36.0 Å². The summed E-state index contributed by atoms with van der Waals surface area (Å²) in [6, 6.07) is 9.36. The van der Waals surface area contributed by atoms with Crippen molar-refractivity contribution in [2.45, 2.75) is 31.2 Å². The van der Waals surface area contributed by atoms with Gasteiger partial charge in [0.1, 0.15) is 5.54 Å². The summed E-state index contributed by atoms with van der Waals surface area (Å²) in [7, 11) is 0. The molecule has 3 heteroatoms. The number of carbonyl (C=O) groups excluding carboxylic acids is 2. The zero-order valence-electron chi connectivity index (χ0n) is 10.8. The van der Waals surface area contributed by atoms with Crippen LogP contribution in [0.15, 0.2) is 30.3 Å². The fraction of sp³-hybridized carbons (Fsp3) is 0.500. The molecule has 2 aliphatic heterocycles. The second-order valence-electron chi connectivity index (χ2n) is 6.09. The van der Waals surface area contributed by atoms with Gasteiger partial charge in [-0.1, -0.05) is 18.2 Å². The molecule has 19 heavy (non-hydrogen) atoms. The molecule has 98 valence electrons. The molecule has 4 fully saturated rings. The lowest BCUT2D eigenvalue weighted by Crippen LogP contribution is -2.62. The SMILES string of the molecule is O=C(c1ccccc1)N1C[C@@H]2C[C@]13C(=O)CCCC23. The molecule has 0 radical (unpaired) electrons. The van der Waals surface area contributed by atoms with Crippen molar-refractivity contribution in [2.24, 2.45) is 11.8 Å². The number of nitrogens with zero attached hydrogens (tertiary/aromatic N) is 1. The zero-order chi connectivity index (χ0) is 13.0. The number of ketones is 1. The molecule has 0 aromatic heterocycles. The van der Waals surface area contributed by atoms with E-state index in [0.29, 0.717) is 29.6 Å². The van der Waals surface area contributed by atoms with Crippen LogP contribution in [0.3, 0.4) is 0 Å². The van der Waals surface area contributed by atoms with Crippen molar-refractivity contribution in [3.8, 4) is 0 Å². The Labute approximate surface area is 112 Å². The van der Waals surface area contributed by atoms with Gasteiger partial charge < -0.3 is 4.90 Å². The number of hydrogen-bond acceptors (Lipinski definition) is 2. The summed E-state index contributed by atoms with van der Waals surface area (Å²) in [5.41, 5.74) is 0.289. The van der Waals surface area contributed by atoms with Crippen molar-refractivity contribution in [1.82, 2.24) is 4.90 Å². The molecule has 1 aromatic rings. The van der Waals surface area contributed by atoms with Gasteiger partial charge in [-0.15, -0.1) is 0 Å². The first-order chi connectivity index (χ1) is 9.23. The fourth-order valence-electron chi connectivity index (χ4n) is 4.47. The normalized spacial score (nSPS) is 35.8. The Bertz CT molecular complexity index is 553. The maximum Gasteiger partial charge on any atom is 0.254 e. The van der Waals surface area contributed by atoms with Crippen LogP contribution in [0.4, 0.5) is 0 Å². The second kappa shape index (κ2) is 3.69. The van der Waals surface area contributed by atoms with Gasteiger partial charge in [0, 0.05) is 18.5 Å². The van der Waals surface area contributed by atoms with Crippen LogP contribution in [0.5, 0.6) is 0 Å². The summed E-state index contributed by atoms with van der Waals surface area (Å²) >= 11 is 0. The van der Waals surface area contributed by atoms with E-state index < -0.39 is 5.54 Å². The van der Waals surface area contributed by atoms with Crippen molar-refractivity contribution >= 4 is 11.7 Å². The summed E-state index contributed by atoms with van der Waals surface area (Å²) in [5, 5.41) is 0. The minimum Gasteiger partial charge on any atom is -0.325 e. The average Bonchev–Trinajstić information content (AvgIpc) is 2.97. The lowest BCUT2D eigenvalue weighted by Gasteiger charge is -2.50. The standard InChI is InChI=1S/C16H17NO2/c18-14-8-4-7-13-12-9-16(13,14)17(10-12)15(19)11-5-2-1-3-6-11/h1-3,5-6,12-13H,4,7-10H2/t12-,13?,16-/m0/s1. The molecular weight excluding hydrogens is 238 g/mol. The van der Waals surface area contributed by atoms with Crippen molar-refractivity contribution in [3.63, 3.8) is 0 Å². The summed E-state index contributed by atoms with van der Waals surface area (Å²) < 4.78 is 0. The molecule has 1 aromatic carbocycles. The molecule has 0 N–H and O–H groups in total. The van der Waals surface area contributed by atoms with Crippen molar-refractivity contribution in [3.05, 3.63) is 35.9 Å². The lowest BCUT2D eigenvalue weighted by molar-refractivity contribution is -0.139. The zero-order valence-corrected chi connectivity index (χ0v) is 10.8. The Morgan fingerprint density at radius 2 is 2.05 bits per heavy atom. The number of Topliss-reactive ketones (excluding diaryl/α,β-unsaturated/α-hetero) is 1. The van der Waals surface area contributed by atoms with Crippen LogP contribution >= 0.6 is 0 Å². The predicted octanol–water partition coefficient (Wildman–Crippen LogP) is 2.27. The van der Waals surface area contributed by atoms with E-state index in [1.165, 1.54) is 0 Å². The van der Waals surface area contributed by atoms with Gasteiger partial charge in [0.25, 0.3) is 5.91 Å². The van der Waals surface area contributed by atoms with Crippen molar-refractivity contribution in [1.29, 1.82) is 0 Å². The van der Waals surface area contributed by atoms with E-state index in [1.807, 2.05) is 35.2 Å². The third kappa shape index (κ3) is 1.28. The number of hydrogen-bond donors (Lipinski definition) is 0. The highest BCUT2D eigenvalue weighted by Crippen LogP contribution is 2.60. The van der Waals surface area contributed by atoms with Gasteiger partial charge >= 0.3 is 0 Å². The van der Waals surface area contributed by atoms with Crippen LogP contribution in [0, 0.1) is 11.8 Å². The van der Waals surface area contributed by atoms with Crippen molar-refractivity contribution < 1.29 is 9.59 Å². The van der Waals surface area contributed by atoms with Gasteiger partial charge in [-0.25, -0.2) is 0 Å². The first-order valence-corrected chi connectivity index (χ1v) is 7.14. The third-order valence-corrected chi connectivity index (χ3v) is 5.32. The minimum atomic E-state index is -0.421. The first kappa shape index (κ1) is 11.2. The topological polar surface area (TPSA) is 37.4 Å². The molecule has 1 amide bonds. The fourth-order valence-corrected chi connectivity index (χ4v) is 4.47.